The molecule has 0 aromatic heterocycles. The number of rotatable bonds is 59. The summed E-state index contributed by atoms with van der Waals surface area (Å²) in [6.45, 7) is 4.60. The van der Waals surface area contributed by atoms with Crippen molar-refractivity contribution in [2.24, 2.45) is 0 Å². The van der Waals surface area contributed by atoms with Gasteiger partial charge in [-0.2, -0.15) is 0 Å². The fourth-order valence-corrected chi connectivity index (χ4v) is 9.66. The van der Waals surface area contributed by atoms with Crippen LogP contribution < -0.4 is 0 Å². The normalized spacial score (nSPS) is 13.6. The molecule has 3 unspecified atom stereocenters. The van der Waals surface area contributed by atoms with E-state index in [1.165, 1.54) is 135 Å². The van der Waals surface area contributed by atoms with Gasteiger partial charge in [-0.05, 0) is 77.0 Å². The summed E-state index contributed by atoms with van der Waals surface area (Å²) in [5.74, 6) is -1.47. The first kappa shape index (κ1) is 73.4. The molecule has 0 aromatic rings. The molecule has 3 atom stereocenters. The van der Waals surface area contributed by atoms with Gasteiger partial charge in [-0.25, -0.2) is 4.57 Å². The zero-order valence-corrected chi connectivity index (χ0v) is 50.1. The van der Waals surface area contributed by atoms with Crippen molar-refractivity contribution < 1.29 is 52.2 Å². The fraction of sp³-hybridized carbons (Fsp3) is 0.828. The lowest BCUT2D eigenvalue weighted by Crippen LogP contribution is -2.30. The van der Waals surface area contributed by atoms with E-state index in [9.17, 15) is 28.9 Å². The Morgan fingerprint density at radius 3 is 1.07 bits per heavy atom. The zero-order valence-electron chi connectivity index (χ0n) is 49.2. The Morgan fingerprint density at radius 2 is 0.658 bits per heavy atom. The van der Waals surface area contributed by atoms with Crippen molar-refractivity contribution in [2.45, 2.75) is 315 Å². The highest BCUT2D eigenvalue weighted by Crippen LogP contribution is 2.43. The highest BCUT2D eigenvalue weighted by atomic mass is 31.2. The highest BCUT2D eigenvalue weighted by Gasteiger charge is 2.28. The molecule has 0 aliphatic heterocycles. The lowest BCUT2D eigenvalue weighted by Gasteiger charge is -2.21. The standard InChI is InChI=1S/C64H117O11P/c1-4-7-10-13-16-19-22-24-26-28-30-32-34-36-39-41-44-47-50-53-62(66)71-57-61(75-64(68)55-52-49-46-43-40-37-35-33-31-29-27-25-23-20-17-14-11-8-5-2)59-73-76(69,70)72-58-60(56-65)74-63(67)54-51-48-45-42-38-21-18-15-12-9-6-3/h15,17-18,20,25,27,31,33,60-61,65H,4-14,16,19,21-24,26,28-30,32,34-59H2,1-3H3,(H,69,70)/b18-15-,20-17-,27-25-,33-31-. The summed E-state index contributed by atoms with van der Waals surface area (Å²) in [7, 11) is -4.75. The monoisotopic (exact) mass is 1090 g/mol. The van der Waals surface area contributed by atoms with Crippen LogP contribution in [0.15, 0.2) is 48.6 Å². The van der Waals surface area contributed by atoms with Crippen LogP contribution in [0.5, 0.6) is 0 Å². The van der Waals surface area contributed by atoms with Crippen molar-refractivity contribution in [3.63, 3.8) is 0 Å². The van der Waals surface area contributed by atoms with Crippen molar-refractivity contribution in [3.05, 3.63) is 48.6 Å². The summed E-state index contributed by atoms with van der Waals surface area (Å²) in [5, 5.41) is 9.81. The molecule has 2 N–H and O–H groups in total. The highest BCUT2D eigenvalue weighted by molar-refractivity contribution is 7.47. The molecule has 0 aliphatic carbocycles. The number of ether oxygens (including phenoxy) is 3. The predicted molar refractivity (Wildman–Crippen MR) is 316 cm³/mol. The Kier molecular flexibility index (Phi) is 56.6. The molecule has 12 heteroatoms. The van der Waals surface area contributed by atoms with E-state index in [0.717, 1.165) is 109 Å². The van der Waals surface area contributed by atoms with Gasteiger partial charge in [-0.15, -0.1) is 0 Å². The molecule has 0 radical (unpaired) electrons. The van der Waals surface area contributed by atoms with Gasteiger partial charge >= 0.3 is 25.7 Å². The van der Waals surface area contributed by atoms with Gasteiger partial charge in [0.05, 0.1) is 19.8 Å². The largest absolute Gasteiger partial charge is 0.472 e. The van der Waals surface area contributed by atoms with E-state index in [1.54, 1.807) is 0 Å². The average Bonchev–Trinajstić information content (AvgIpc) is 3.41. The van der Waals surface area contributed by atoms with Crippen molar-refractivity contribution in [1.29, 1.82) is 0 Å². The van der Waals surface area contributed by atoms with Gasteiger partial charge < -0.3 is 24.2 Å². The van der Waals surface area contributed by atoms with E-state index < -0.39 is 57.8 Å². The summed E-state index contributed by atoms with van der Waals surface area (Å²) in [6, 6.07) is 0. The van der Waals surface area contributed by atoms with Crippen molar-refractivity contribution in [1.82, 2.24) is 0 Å². The first-order valence-corrected chi connectivity index (χ1v) is 33.0. The average molecular weight is 1090 g/mol. The molecule has 11 nitrogen and oxygen atoms in total. The molecule has 0 bridgehead atoms. The van der Waals surface area contributed by atoms with Crippen LogP contribution in [0.1, 0.15) is 303 Å². The molecule has 0 aliphatic rings. The summed E-state index contributed by atoms with van der Waals surface area (Å²) in [4.78, 5) is 48.6. The Labute approximate surface area is 466 Å². The van der Waals surface area contributed by atoms with Crippen LogP contribution in [0.3, 0.4) is 0 Å². The maximum atomic E-state index is 12.9. The van der Waals surface area contributed by atoms with Crippen LogP contribution >= 0.6 is 7.82 Å². The molecule has 0 fully saturated rings. The molecule has 0 rings (SSSR count). The minimum absolute atomic E-state index is 0.155. The Hall–Kier alpha value is -2.56. The number of carbonyl (C=O) groups is 3. The molecule has 76 heavy (non-hydrogen) atoms. The van der Waals surface area contributed by atoms with Gasteiger partial charge in [-0.1, -0.05) is 256 Å². The molecular weight excluding hydrogens is 976 g/mol. The van der Waals surface area contributed by atoms with Gasteiger partial charge in [0.2, 0.25) is 0 Å². The number of phosphoric ester groups is 1. The molecule has 0 aromatic carbocycles. The van der Waals surface area contributed by atoms with E-state index in [4.69, 9.17) is 23.3 Å². The number of aliphatic hydroxyl groups is 1. The third-order valence-electron chi connectivity index (χ3n) is 13.7. The topological polar surface area (TPSA) is 155 Å². The van der Waals surface area contributed by atoms with Gasteiger partial charge in [-0.3, -0.25) is 23.4 Å². The third-order valence-corrected chi connectivity index (χ3v) is 14.7. The van der Waals surface area contributed by atoms with Crippen LogP contribution in [0.4, 0.5) is 0 Å². The molecule has 0 saturated carbocycles. The van der Waals surface area contributed by atoms with Crippen LogP contribution in [0, 0.1) is 0 Å². The van der Waals surface area contributed by atoms with Gasteiger partial charge in [0.15, 0.2) is 6.10 Å². The first-order valence-electron chi connectivity index (χ1n) is 31.5. The molecule has 0 heterocycles. The maximum Gasteiger partial charge on any atom is 0.472 e. The Bertz CT molecular complexity index is 1460. The molecule has 0 amide bonds. The minimum Gasteiger partial charge on any atom is -0.462 e. The fourth-order valence-electron chi connectivity index (χ4n) is 8.88. The molecule has 0 saturated heterocycles. The predicted octanol–water partition coefficient (Wildman–Crippen LogP) is 18.9. The number of hydrogen-bond acceptors (Lipinski definition) is 10. The van der Waals surface area contributed by atoms with Gasteiger partial charge in [0.1, 0.15) is 12.7 Å². The second kappa shape index (κ2) is 58.6. The Balaban J connectivity index is 4.69. The molecule has 444 valence electrons. The number of phosphoric acid groups is 1. The number of allylic oxidation sites excluding steroid dienone is 8. The van der Waals surface area contributed by atoms with E-state index in [0.29, 0.717) is 19.3 Å². The van der Waals surface area contributed by atoms with Crippen LogP contribution in [0.2, 0.25) is 0 Å². The number of aliphatic hydroxyl groups excluding tert-OH is 1. The lowest BCUT2D eigenvalue weighted by atomic mass is 10.0. The summed E-state index contributed by atoms with van der Waals surface area (Å²) in [5.41, 5.74) is 0. The number of carbonyl (C=O) groups excluding carboxylic acids is 3. The maximum absolute atomic E-state index is 12.9. The third kappa shape index (κ3) is 56.2. The van der Waals surface area contributed by atoms with E-state index >= 15 is 0 Å². The first-order chi connectivity index (χ1) is 37.2. The lowest BCUT2D eigenvalue weighted by molar-refractivity contribution is -0.161. The minimum atomic E-state index is -4.75. The summed E-state index contributed by atoms with van der Waals surface area (Å²) in [6.07, 6.45) is 63.5. The van der Waals surface area contributed by atoms with Crippen LogP contribution in [-0.4, -0.2) is 66.5 Å². The quantitative estimate of drug-likeness (QED) is 0.0197. The van der Waals surface area contributed by atoms with Gasteiger partial charge in [0, 0.05) is 19.3 Å². The number of hydrogen-bond donors (Lipinski definition) is 2. The van der Waals surface area contributed by atoms with Crippen molar-refractivity contribution >= 4 is 25.7 Å². The molecular formula is C64H117O11P. The van der Waals surface area contributed by atoms with Gasteiger partial charge in [0.25, 0.3) is 0 Å². The zero-order chi connectivity index (χ0) is 55.5. The number of esters is 3. The van der Waals surface area contributed by atoms with E-state index in [-0.39, 0.29) is 25.9 Å². The summed E-state index contributed by atoms with van der Waals surface area (Å²) < 4.78 is 39.6. The Morgan fingerprint density at radius 1 is 0.368 bits per heavy atom. The molecule has 0 spiro atoms. The number of unbranched alkanes of at least 4 members (excludes halogenated alkanes) is 34. The summed E-state index contributed by atoms with van der Waals surface area (Å²) >= 11 is 0. The second-order valence-electron chi connectivity index (χ2n) is 21.2. The van der Waals surface area contributed by atoms with Crippen LogP contribution in [0.25, 0.3) is 0 Å². The van der Waals surface area contributed by atoms with E-state index in [2.05, 4.69) is 69.4 Å². The smallest absolute Gasteiger partial charge is 0.462 e. The van der Waals surface area contributed by atoms with Crippen LogP contribution in [-0.2, 0) is 42.2 Å². The second-order valence-corrected chi connectivity index (χ2v) is 22.7. The van der Waals surface area contributed by atoms with E-state index in [1.807, 2.05) is 0 Å². The van der Waals surface area contributed by atoms with Crippen molar-refractivity contribution in [3.8, 4) is 0 Å². The SMILES string of the molecule is CCCC/C=C\CCCCCCCC(=O)OC(CO)COP(=O)(O)OCC(COC(=O)CCCCCCCCCCCCCCCCCCCCC)OC(=O)CCCCCCCC/C=C\C/C=C\C/C=C\CCCCC. The van der Waals surface area contributed by atoms with Crippen molar-refractivity contribution in [2.75, 3.05) is 26.4 Å².